The Morgan fingerprint density at radius 3 is 2.93 bits per heavy atom. The van der Waals surface area contributed by atoms with Gasteiger partial charge in [-0.3, -0.25) is 0 Å². The lowest BCUT2D eigenvalue weighted by Gasteiger charge is -1.94. The highest BCUT2D eigenvalue weighted by atomic mass is 16.5. The second-order valence-corrected chi connectivity index (χ2v) is 3.08. The maximum Gasteiger partial charge on any atom is 0.150 e. The fraction of sp³-hybridized carbons (Fsp3) is 0.0909. The van der Waals surface area contributed by atoms with E-state index in [2.05, 4.69) is 11.2 Å². The number of nitriles is 1. The lowest BCUT2D eigenvalue weighted by Crippen LogP contribution is -1.92. The molecule has 1 heterocycles. The Kier molecular flexibility index (Phi) is 2.48. The predicted molar refractivity (Wildman–Crippen MR) is 54.5 cm³/mol. The second kappa shape index (κ2) is 3.95. The van der Waals surface area contributed by atoms with Crippen molar-refractivity contribution in [2.75, 3.05) is 0 Å². The van der Waals surface area contributed by atoms with Crippen LogP contribution in [0.4, 0.5) is 0 Å². The number of hydrogen-bond donors (Lipinski definition) is 1. The molecule has 0 aliphatic heterocycles. The highest BCUT2D eigenvalue weighted by molar-refractivity contribution is 5.61. The minimum atomic E-state index is 0.324. The molecule has 1 aromatic carbocycles. The summed E-state index contributed by atoms with van der Waals surface area (Å²) in [5, 5.41) is 12.6. The Morgan fingerprint density at radius 1 is 1.40 bits per heavy atom. The van der Waals surface area contributed by atoms with Gasteiger partial charge in [0.05, 0.1) is 18.2 Å². The van der Waals surface area contributed by atoms with E-state index in [0.717, 1.165) is 5.56 Å². The zero-order valence-electron chi connectivity index (χ0n) is 7.97. The van der Waals surface area contributed by atoms with Crippen LogP contribution >= 0.6 is 0 Å². The van der Waals surface area contributed by atoms with Gasteiger partial charge in [0.25, 0.3) is 0 Å². The smallest absolute Gasteiger partial charge is 0.150 e. The van der Waals surface area contributed by atoms with E-state index in [1.807, 2.05) is 12.1 Å². The first-order valence-corrected chi connectivity index (χ1v) is 4.49. The molecular weight excluding hydrogens is 190 g/mol. The average molecular weight is 199 g/mol. The molecule has 0 atom stereocenters. The van der Waals surface area contributed by atoms with Crippen LogP contribution in [0.3, 0.4) is 0 Å². The standard InChI is InChI=1S/C11H9N3O/c12-6-8-2-1-3-9(4-8)11-5-10(7-13)15-14-11/h1-5H,7,13H2. The van der Waals surface area contributed by atoms with Crippen LogP contribution < -0.4 is 5.73 Å². The summed E-state index contributed by atoms with van der Waals surface area (Å²) in [4.78, 5) is 0. The van der Waals surface area contributed by atoms with Gasteiger partial charge in [-0.1, -0.05) is 17.3 Å². The lowest BCUT2D eigenvalue weighted by atomic mass is 10.1. The lowest BCUT2D eigenvalue weighted by molar-refractivity contribution is 0.387. The van der Waals surface area contributed by atoms with Crippen LogP contribution in [0.25, 0.3) is 11.3 Å². The first-order valence-electron chi connectivity index (χ1n) is 4.49. The van der Waals surface area contributed by atoms with E-state index in [-0.39, 0.29) is 0 Å². The Bertz CT molecular complexity index is 511. The quantitative estimate of drug-likeness (QED) is 0.798. The Balaban J connectivity index is 2.41. The topological polar surface area (TPSA) is 75.8 Å². The maximum atomic E-state index is 8.75. The highest BCUT2D eigenvalue weighted by Crippen LogP contribution is 2.19. The number of benzene rings is 1. The molecule has 0 aliphatic carbocycles. The molecule has 0 unspecified atom stereocenters. The summed E-state index contributed by atoms with van der Waals surface area (Å²) in [5.74, 6) is 0.632. The van der Waals surface area contributed by atoms with Gasteiger partial charge in [0.1, 0.15) is 5.69 Å². The van der Waals surface area contributed by atoms with Crippen molar-refractivity contribution in [2.24, 2.45) is 5.73 Å². The second-order valence-electron chi connectivity index (χ2n) is 3.08. The number of aromatic nitrogens is 1. The molecule has 4 heteroatoms. The molecule has 0 saturated carbocycles. The first kappa shape index (κ1) is 9.44. The largest absolute Gasteiger partial charge is 0.359 e. The van der Waals surface area contributed by atoms with Crippen LogP contribution in [-0.2, 0) is 6.54 Å². The third-order valence-corrected chi connectivity index (χ3v) is 2.05. The SMILES string of the molecule is N#Cc1cccc(-c2cc(CN)on2)c1. The van der Waals surface area contributed by atoms with Gasteiger partial charge >= 0.3 is 0 Å². The van der Waals surface area contributed by atoms with E-state index >= 15 is 0 Å². The van der Waals surface area contributed by atoms with Crippen LogP contribution in [0.1, 0.15) is 11.3 Å². The van der Waals surface area contributed by atoms with E-state index in [4.69, 9.17) is 15.5 Å². The van der Waals surface area contributed by atoms with Gasteiger partial charge in [-0.15, -0.1) is 0 Å². The van der Waals surface area contributed by atoms with Gasteiger partial charge in [-0.2, -0.15) is 5.26 Å². The molecule has 0 radical (unpaired) electrons. The summed E-state index contributed by atoms with van der Waals surface area (Å²) in [6.45, 7) is 0.324. The van der Waals surface area contributed by atoms with Crippen LogP contribution in [0, 0.1) is 11.3 Å². The minimum absolute atomic E-state index is 0.324. The zero-order valence-corrected chi connectivity index (χ0v) is 7.97. The van der Waals surface area contributed by atoms with Gasteiger partial charge in [-0.25, -0.2) is 0 Å². The molecule has 2 rings (SSSR count). The van der Waals surface area contributed by atoms with Crippen molar-refractivity contribution in [3.8, 4) is 17.3 Å². The molecular formula is C11H9N3O. The van der Waals surface area contributed by atoms with Crippen molar-refractivity contribution in [3.05, 3.63) is 41.7 Å². The van der Waals surface area contributed by atoms with Gasteiger partial charge in [0.15, 0.2) is 5.76 Å². The van der Waals surface area contributed by atoms with Crippen molar-refractivity contribution >= 4 is 0 Å². The molecule has 0 aliphatic rings. The number of rotatable bonds is 2. The van der Waals surface area contributed by atoms with E-state index in [1.165, 1.54) is 0 Å². The molecule has 15 heavy (non-hydrogen) atoms. The van der Waals surface area contributed by atoms with Crippen molar-refractivity contribution in [3.63, 3.8) is 0 Å². The third-order valence-electron chi connectivity index (χ3n) is 2.05. The summed E-state index contributed by atoms with van der Waals surface area (Å²) < 4.78 is 4.98. The molecule has 1 aromatic heterocycles. The molecule has 0 saturated heterocycles. The van der Waals surface area contributed by atoms with Gasteiger partial charge in [0.2, 0.25) is 0 Å². The van der Waals surface area contributed by atoms with Gasteiger partial charge < -0.3 is 10.3 Å². The van der Waals surface area contributed by atoms with Crippen LogP contribution in [-0.4, -0.2) is 5.16 Å². The molecule has 0 bridgehead atoms. The van der Waals surface area contributed by atoms with Gasteiger partial charge in [0, 0.05) is 11.6 Å². The highest BCUT2D eigenvalue weighted by Gasteiger charge is 2.05. The maximum absolute atomic E-state index is 8.75. The Labute approximate surface area is 86.9 Å². The Morgan fingerprint density at radius 2 is 2.27 bits per heavy atom. The van der Waals surface area contributed by atoms with E-state index in [0.29, 0.717) is 23.6 Å². The summed E-state index contributed by atoms with van der Waals surface area (Å²) in [6, 6.07) is 11.0. The van der Waals surface area contributed by atoms with Crippen molar-refractivity contribution < 1.29 is 4.52 Å². The van der Waals surface area contributed by atoms with Crippen molar-refractivity contribution in [2.45, 2.75) is 6.54 Å². The van der Waals surface area contributed by atoms with E-state index in [9.17, 15) is 0 Å². The molecule has 0 amide bonds. The molecule has 2 aromatic rings. The fourth-order valence-electron chi connectivity index (χ4n) is 1.29. The summed E-state index contributed by atoms with van der Waals surface area (Å²) in [6.07, 6.45) is 0. The van der Waals surface area contributed by atoms with Crippen LogP contribution in [0.2, 0.25) is 0 Å². The molecule has 0 spiro atoms. The molecule has 74 valence electrons. The normalized spacial score (nSPS) is 9.87. The zero-order chi connectivity index (χ0) is 10.7. The van der Waals surface area contributed by atoms with Crippen LogP contribution in [0.5, 0.6) is 0 Å². The third kappa shape index (κ3) is 1.87. The summed E-state index contributed by atoms with van der Waals surface area (Å²) in [7, 11) is 0. The summed E-state index contributed by atoms with van der Waals surface area (Å²) in [5.41, 5.74) is 7.57. The monoisotopic (exact) mass is 199 g/mol. The van der Waals surface area contributed by atoms with E-state index < -0.39 is 0 Å². The predicted octanol–water partition coefficient (Wildman–Crippen LogP) is 1.67. The number of hydrogen-bond acceptors (Lipinski definition) is 4. The number of nitrogens with two attached hydrogens (primary N) is 1. The summed E-state index contributed by atoms with van der Waals surface area (Å²) >= 11 is 0. The van der Waals surface area contributed by atoms with E-state index in [1.54, 1.807) is 18.2 Å². The first-order chi connectivity index (χ1) is 7.33. The van der Waals surface area contributed by atoms with Crippen molar-refractivity contribution in [1.82, 2.24) is 5.16 Å². The fourth-order valence-corrected chi connectivity index (χ4v) is 1.29. The molecule has 4 nitrogen and oxygen atoms in total. The Hall–Kier alpha value is -2.12. The average Bonchev–Trinajstić information content (AvgIpc) is 2.78. The minimum Gasteiger partial charge on any atom is -0.359 e. The number of nitrogens with zero attached hydrogens (tertiary/aromatic N) is 2. The van der Waals surface area contributed by atoms with Crippen molar-refractivity contribution in [1.29, 1.82) is 5.26 Å². The molecule has 2 N–H and O–H groups in total. The van der Waals surface area contributed by atoms with Gasteiger partial charge in [-0.05, 0) is 12.1 Å². The molecule has 0 fully saturated rings. The van der Waals surface area contributed by atoms with Crippen LogP contribution in [0.15, 0.2) is 34.9 Å².